The Hall–Kier alpha value is -3.20. The summed E-state index contributed by atoms with van der Waals surface area (Å²) in [5.41, 5.74) is -0.428. The second-order valence-electron chi connectivity index (χ2n) is 4.85. The van der Waals surface area contributed by atoms with Gasteiger partial charge in [0.05, 0.1) is 10.6 Å². The Bertz CT molecular complexity index is 845. The van der Waals surface area contributed by atoms with Gasteiger partial charge in [-0.15, -0.1) is 0 Å². The maximum absolute atomic E-state index is 13.5. The minimum atomic E-state index is -0.921. The number of carbonyl (C=O) groups excluding carboxylic acids is 2. The second kappa shape index (κ2) is 8.77. The number of rotatable bonds is 7. The maximum Gasteiger partial charge on any atom is 0.344 e. The summed E-state index contributed by atoms with van der Waals surface area (Å²) in [6.45, 7) is -1.31. The number of para-hydroxylation sites is 2. The zero-order chi connectivity index (χ0) is 19.1. The van der Waals surface area contributed by atoms with Crippen LogP contribution in [0.3, 0.4) is 0 Å². The van der Waals surface area contributed by atoms with E-state index in [4.69, 9.17) is 16.3 Å². The van der Waals surface area contributed by atoms with Crippen molar-refractivity contribution in [1.29, 1.82) is 0 Å². The van der Waals surface area contributed by atoms with Crippen molar-refractivity contribution >= 4 is 34.9 Å². The molecule has 0 saturated carbocycles. The van der Waals surface area contributed by atoms with E-state index in [-0.39, 0.29) is 22.1 Å². The minimum Gasteiger partial charge on any atom is -0.475 e. The van der Waals surface area contributed by atoms with Gasteiger partial charge >= 0.3 is 11.7 Å². The Morgan fingerprint density at radius 1 is 1.19 bits per heavy atom. The van der Waals surface area contributed by atoms with Crippen molar-refractivity contribution in [2.45, 2.75) is 0 Å². The average Bonchev–Trinajstić information content (AvgIpc) is 2.60. The molecule has 2 rings (SSSR count). The van der Waals surface area contributed by atoms with Crippen LogP contribution in [0.2, 0.25) is 5.02 Å². The molecule has 2 aromatic carbocycles. The van der Waals surface area contributed by atoms with Crippen molar-refractivity contribution in [2.75, 3.05) is 18.5 Å². The Kier molecular flexibility index (Phi) is 6.45. The molecule has 0 spiro atoms. The molecule has 1 amide bonds. The summed E-state index contributed by atoms with van der Waals surface area (Å²) in [5, 5.41) is 13.2. The maximum atomic E-state index is 13.5. The normalized spacial score (nSPS) is 10.1. The van der Waals surface area contributed by atoms with Gasteiger partial charge in [0.1, 0.15) is 5.82 Å². The molecule has 0 radical (unpaired) electrons. The van der Waals surface area contributed by atoms with E-state index in [2.05, 4.69) is 10.1 Å². The van der Waals surface area contributed by atoms with Gasteiger partial charge in [0.25, 0.3) is 5.91 Å². The summed E-state index contributed by atoms with van der Waals surface area (Å²) in [6, 6.07) is 9.15. The quantitative estimate of drug-likeness (QED) is 0.448. The molecule has 8 nitrogen and oxygen atoms in total. The van der Waals surface area contributed by atoms with Crippen LogP contribution >= 0.6 is 11.6 Å². The molecule has 136 valence electrons. The van der Waals surface area contributed by atoms with Gasteiger partial charge < -0.3 is 14.8 Å². The summed E-state index contributed by atoms with van der Waals surface area (Å²) in [6.07, 6.45) is 0. The van der Waals surface area contributed by atoms with Crippen LogP contribution in [0.15, 0.2) is 42.5 Å². The zero-order valence-corrected chi connectivity index (χ0v) is 13.9. The van der Waals surface area contributed by atoms with E-state index < -0.39 is 35.8 Å². The molecule has 0 heterocycles. The fourth-order valence-electron chi connectivity index (χ4n) is 1.83. The first kappa shape index (κ1) is 19.1. The Labute approximate surface area is 151 Å². The van der Waals surface area contributed by atoms with Crippen LogP contribution in [0.4, 0.5) is 15.8 Å². The highest BCUT2D eigenvalue weighted by atomic mass is 35.5. The first-order chi connectivity index (χ1) is 12.4. The van der Waals surface area contributed by atoms with Crippen LogP contribution in [0.1, 0.15) is 0 Å². The third-order valence-electron chi connectivity index (χ3n) is 2.98. The molecular weight excluding hydrogens is 371 g/mol. The van der Waals surface area contributed by atoms with Crippen LogP contribution in [-0.2, 0) is 14.3 Å². The number of nitrogens with zero attached hydrogens (tertiary/aromatic N) is 1. The standard InChI is InChI=1S/C16H12ClFN2O6/c17-10-5-6-12(11(18)7-10)19-15(21)8-26-16(22)9-25-14-4-2-1-3-13(14)20(23)24/h1-7H,8-9H2,(H,19,21). The lowest BCUT2D eigenvalue weighted by molar-refractivity contribution is -0.385. The third kappa shape index (κ3) is 5.42. The van der Waals surface area contributed by atoms with Crippen molar-refractivity contribution in [3.8, 4) is 5.75 Å². The van der Waals surface area contributed by atoms with Crippen LogP contribution in [0.5, 0.6) is 5.75 Å². The lowest BCUT2D eigenvalue weighted by Gasteiger charge is -2.08. The number of hydrogen-bond donors (Lipinski definition) is 1. The number of nitro benzene ring substituents is 1. The molecule has 26 heavy (non-hydrogen) atoms. The first-order valence-electron chi connectivity index (χ1n) is 7.13. The summed E-state index contributed by atoms with van der Waals surface area (Å²) >= 11 is 5.59. The molecule has 10 heteroatoms. The Morgan fingerprint density at radius 2 is 1.92 bits per heavy atom. The monoisotopic (exact) mass is 382 g/mol. The molecule has 0 aromatic heterocycles. The molecule has 2 aromatic rings. The molecule has 0 fully saturated rings. The number of esters is 1. The van der Waals surface area contributed by atoms with Gasteiger partial charge in [0, 0.05) is 11.1 Å². The summed E-state index contributed by atoms with van der Waals surface area (Å²) in [7, 11) is 0. The van der Waals surface area contributed by atoms with E-state index in [1.807, 2.05) is 0 Å². The van der Waals surface area contributed by atoms with Crippen molar-refractivity contribution in [1.82, 2.24) is 0 Å². The highest BCUT2D eigenvalue weighted by Crippen LogP contribution is 2.25. The van der Waals surface area contributed by atoms with E-state index >= 15 is 0 Å². The highest BCUT2D eigenvalue weighted by molar-refractivity contribution is 6.30. The first-order valence-corrected chi connectivity index (χ1v) is 7.51. The van der Waals surface area contributed by atoms with Crippen molar-refractivity contribution in [2.24, 2.45) is 0 Å². The lowest BCUT2D eigenvalue weighted by Crippen LogP contribution is -2.24. The molecule has 0 aliphatic rings. The molecule has 0 atom stereocenters. The molecule has 0 aliphatic carbocycles. The predicted molar refractivity (Wildman–Crippen MR) is 89.6 cm³/mol. The van der Waals surface area contributed by atoms with Crippen molar-refractivity contribution in [3.63, 3.8) is 0 Å². The van der Waals surface area contributed by atoms with Gasteiger partial charge in [0.2, 0.25) is 0 Å². The smallest absolute Gasteiger partial charge is 0.344 e. The van der Waals surface area contributed by atoms with Crippen LogP contribution in [0, 0.1) is 15.9 Å². The number of halogens is 2. The van der Waals surface area contributed by atoms with E-state index in [9.17, 15) is 24.1 Å². The SMILES string of the molecule is O=C(COC(=O)COc1ccccc1[N+](=O)[O-])Nc1ccc(Cl)cc1F. The van der Waals surface area contributed by atoms with Gasteiger partial charge in [0.15, 0.2) is 19.0 Å². The number of nitro groups is 1. The number of carbonyl (C=O) groups is 2. The highest BCUT2D eigenvalue weighted by Gasteiger charge is 2.16. The van der Waals surface area contributed by atoms with Gasteiger partial charge in [-0.05, 0) is 24.3 Å². The Morgan fingerprint density at radius 3 is 2.62 bits per heavy atom. The number of anilines is 1. The van der Waals surface area contributed by atoms with Gasteiger partial charge in [-0.25, -0.2) is 9.18 Å². The van der Waals surface area contributed by atoms with Gasteiger partial charge in [-0.1, -0.05) is 23.7 Å². The summed E-state index contributed by atoms with van der Waals surface area (Å²) < 4.78 is 23.2. The summed E-state index contributed by atoms with van der Waals surface area (Å²) in [5.74, 6) is -2.54. The molecule has 1 N–H and O–H groups in total. The van der Waals surface area contributed by atoms with Crippen LogP contribution in [0.25, 0.3) is 0 Å². The minimum absolute atomic E-state index is 0.109. The molecule has 0 saturated heterocycles. The number of ether oxygens (including phenoxy) is 2. The van der Waals surface area contributed by atoms with Gasteiger partial charge in [-0.2, -0.15) is 0 Å². The van der Waals surface area contributed by atoms with Crippen LogP contribution < -0.4 is 10.1 Å². The zero-order valence-electron chi connectivity index (χ0n) is 13.1. The number of amides is 1. The third-order valence-corrected chi connectivity index (χ3v) is 3.21. The predicted octanol–water partition coefficient (Wildman–Crippen LogP) is 2.95. The molecule has 0 bridgehead atoms. The number of benzene rings is 2. The molecule has 0 unspecified atom stereocenters. The molecular formula is C16H12ClFN2O6. The Balaban J connectivity index is 1.81. The van der Waals surface area contributed by atoms with Gasteiger partial charge in [-0.3, -0.25) is 14.9 Å². The van der Waals surface area contributed by atoms with Crippen molar-refractivity contribution < 1.29 is 28.4 Å². The fraction of sp³-hybridized carbons (Fsp3) is 0.125. The topological polar surface area (TPSA) is 108 Å². The van der Waals surface area contributed by atoms with E-state index in [0.29, 0.717) is 0 Å². The van der Waals surface area contributed by atoms with E-state index in [1.54, 1.807) is 0 Å². The van der Waals surface area contributed by atoms with Crippen molar-refractivity contribution in [3.05, 3.63) is 63.4 Å². The summed E-state index contributed by atoms with van der Waals surface area (Å²) in [4.78, 5) is 33.4. The largest absolute Gasteiger partial charge is 0.475 e. The average molecular weight is 383 g/mol. The fourth-order valence-corrected chi connectivity index (χ4v) is 1.99. The van der Waals surface area contributed by atoms with Crippen LogP contribution in [-0.4, -0.2) is 30.0 Å². The lowest BCUT2D eigenvalue weighted by atomic mass is 10.3. The number of hydrogen-bond acceptors (Lipinski definition) is 6. The number of nitrogens with one attached hydrogen (secondary N) is 1. The second-order valence-corrected chi connectivity index (χ2v) is 5.28. The van der Waals surface area contributed by atoms with E-state index in [1.165, 1.54) is 36.4 Å². The molecule has 0 aliphatic heterocycles. The van der Waals surface area contributed by atoms with E-state index in [0.717, 1.165) is 6.07 Å².